The van der Waals surface area contributed by atoms with Gasteiger partial charge in [0.2, 0.25) is 0 Å². The summed E-state index contributed by atoms with van der Waals surface area (Å²) in [7, 11) is 0. The largest absolute Gasteiger partial charge is 0.819 e. The summed E-state index contributed by atoms with van der Waals surface area (Å²) < 4.78 is 4.65. The predicted octanol–water partition coefficient (Wildman–Crippen LogP) is 0.935. The van der Waals surface area contributed by atoms with E-state index in [0.29, 0.717) is 6.61 Å². The van der Waals surface area contributed by atoms with Gasteiger partial charge in [0.05, 0.1) is 0 Å². The van der Waals surface area contributed by atoms with Crippen LogP contribution in [0.25, 0.3) is 0 Å². The average Bonchev–Trinajstić information content (AvgIpc) is 1.63. The van der Waals surface area contributed by atoms with Gasteiger partial charge in [-0.15, -0.1) is 17.5 Å². The first-order chi connectivity index (χ1) is 4.06. The summed E-state index contributed by atoms with van der Waals surface area (Å²) in [5.41, 5.74) is -3.03. The molecule has 0 aliphatic carbocycles. The molecule has 0 saturated carbocycles. The van der Waals surface area contributed by atoms with Gasteiger partial charge in [-0.1, -0.05) is 13.3 Å². The molecular weight excluding hydrogens is 175 g/mol. The Morgan fingerprint density at radius 1 is 1.78 bits per heavy atom. The zero-order valence-electron chi connectivity index (χ0n) is 5.20. The van der Waals surface area contributed by atoms with E-state index in [0.717, 1.165) is 12.8 Å². The van der Waals surface area contributed by atoms with Crippen LogP contribution in [0.4, 0.5) is 0 Å². The van der Waals surface area contributed by atoms with E-state index in [4.69, 9.17) is 0 Å². The first kappa shape index (κ1) is 9.92. The number of hydrogen-bond acceptors (Lipinski definition) is 4. The van der Waals surface area contributed by atoms with Crippen molar-refractivity contribution in [2.75, 3.05) is 6.61 Å². The summed E-state index contributed by atoms with van der Waals surface area (Å²) in [4.78, 5) is 10.5. The first-order valence-electron chi connectivity index (χ1n) is 2.73. The van der Waals surface area contributed by atoms with Crippen LogP contribution in [0.3, 0.4) is 0 Å². The van der Waals surface area contributed by atoms with Gasteiger partial charge in [-0.2, -0.15) is 0 Å². The highest BCUT2D eigenvalue weighted by atomic mass is 32.9. The van der Waals surface area contributed by atoms with E-state index >= 15 is 0 Å². The highest BCUT2D eigenvalue weighted by Gasteiger charge is 1.83. The Balaban J connectivity index is 3.18. The Kier molecular flexibility index (Phi) is 5.17. The molecule has 0 radical (unpaired) electrons. The molecule has 1 unspecified atom stereocenters. The van der Waals surface area contributed by atoms with Crippen molar-refractivity contribution in [2.45, 2.75) is 19.8 Å². The van der Waals surface area contributed by atoms with Crippen molar-refractivity contribution in [2.24, 2.45) is 0 Å². The van der Waals surface area contributed by atoms with E-state index < -0.39 is 5.69 Å². The van der Waals surface area contributed by atoms with Gasteiger partial charge in [-0.05, 0) is 6.42 Å². The van der Waals surface area contributed by atoms with Crippen LogP contribution < -0.4 is 4.89 Å². The lowest BCUT2D eigenvalue weighted by molar-refractivity contribution is -0.174. The van der Waals surface area contributed by atoms with Crippen LogP contribution in [0.1, 0.15) is 19.8 Å². The molecule has 0 N–H and O–H groups in total. The van der Waals surface area contributed by atoms with Crippen molar-refractivity contribution in [3.05, 3.63) is 0 Å². The molecule has 5 heteroatoms. The third-order valence-electron chi connectivity index (χ3n) is 0.747. The molecule has 0 spiro atoms. The van der Waals surface area contributed by atoms with Gasteiger partial charge < -0.3 is 21.7 Å². The summed E-state index contributed by atoms with van der Waals surface area (Å²) in [5, 5.41) is 0. The second-order valence-electron chi connectivity index (χ2n) is 1.63. The van der Waals surface area contributed by atoms with Crippen molar-refractivity contribution in [1.29, 1.82) is 0 Å². The van der Waals surface area contributed by atoms with Gasteiger partial charge >= 0.3 is 0 Å². The molecule has 9 heavy (non-hydrogen) atoms. The normalized spacial score (nSPS) is 17.2. The molecular formula is C4H9O2PS2-2. The molecule has 0 aromatic rings. The minimum absolute atomic E-state index is 0.431. The second-order valence-corrected chi connectivity index (χ2v) is 6.36. The van der Waals surface area contributed by atoms with Crippen LogP contribution in [-0.4, -0.2) is 6.61 Å². The Bertz CT molecular complexity index is 111. The number of unbranched alkanes of at least 4 members (excludes halogenated alkanes) is 1. The van der Waals surface area contributed by atoms with E-state index in [9.17, 15) is 4.89 Å². The number of hydrogen-bond donors (Lipinski definition) is 0. The Hall–Kier alpha value is 0.920. The fourth-order valence-corrected chi connectivity index (χ4v) is 1.12. The molecule has 0 bridgehead atoms. The van der Waals surface area contributed by atoms with Crippen LogP contribution in [0, 0.1) is 0 Å². The van der Waals surface area contributed by atoms with Gasteiger partial charge in [0.15, 0.2) is 0 Å². The highest BCUT2D eigenvalue weighted by molar-refractivity contribution is 8.50. The van der Waals surface area contributed by atoms with Crippen LogP contribution in [0.15, 0.2) is 0 Å². The van der Waals surface area contributed by atoms with Crippen molar-refractivity contribution < 1.29 is 9.42 Å². The lowest BCUT2D eigenvalue weighted by Gasteiger charge is -2.34. The molecule has 0 saturated heterocycles. The fraction of sp³-hybridized carbons (Fsp3) is 1.00. The topological polar surface area (TPSA) is 32.3 Å². The smallest absolute Gasteiger partial charge is 0.0477 e. The Morgan fingerprint density at radius 2 is 2.33 bits per heavy atom. The molecule has 0 aliphatic heterocycles. The van der Waals surface area contributed by atoms with Gasteiger partial charge in [0.1, 0.15) is 0 Å². The van der Waals surface area contributed by atoms with E-state index in [2.05, 4.69) is 28.6 Å². The minimum Gasteiger partial charge on any atom is -0.819 e. The third-order valence-corrected chi connectivity index (χ3v) is 1.88. The molecule has 0 amide bonds. The SMILES string of the molecule is CCCCOP([O-])(=S)[S-]. The van der Waals surface area contributed by atoms with E-state index in [1.54, 1.807) is 0 Å². The number of rotatable bonds is 4. The molecule has 0 aromatic heterocycles. The summed E-state index contributed by atoms with van der Waals surface area (Å²) in [5.74, 6) is 0. The van der Waals surface area contributed by atoms with E-state index in [1.807, 2.05) is 6.92 Å². The first-order valence-corrected chi connectivity index (χ1v) is 6.38. The zero-order valence-corrected chi connectivity index (χ0v) is 7.73. The maximum atomic E-state index is 10.5. The molecule has 0 aromatic carbocycles. The van der Waals surface area contributed by atoms with Crippen LogP contribution in [0.5, 0.6) is 0 Å². The van der Waals surface area contributed by atoms with Crippen LogP contribution in [-0.2, 0) is 28.6 Å². The predicted molar refractivity (Wildman–Crippen MR) is 42.5 cm³/mol. The lowest BCUT2D eigenvalue weighted by atomic mass is 10.4. The van der Waals surface area contributed by atoms with Crippen molar-refractivity contribution in [3.8, 4) is 0 Å². The maximum absolute atomic E-state index is 10.5. The van der Waals surface area contributed by atoms with Crippen molar-refractivity contribution in [3.63, 3.8) is 0 Å². The molecule has 1 atom stereocenters. The van der Waals surface area contributed by atoms with Gasteiger partial charge in [0.25, 0.3) is 0 Å². The lowest BCUT2D eigenvalue weighted by Crippen LogP contribution is -2.01. The summed E-state index contributed by atoms with van der Waals surface area (Å²) in [6.45, 7) is 2.45. The molecule has 2 nitrogen and oxygen atoms in total. The van der Waals surface area contributed by atoms with Crippen molar-refractivity contribution in [1.82, 2.24) is 0 Å². The summed E-state index contributed by atoms with van der Waals surface area (Å²) in [6.07, 6.45) is 1.88. The van der Waals surface area contributed by atoms with E-state index in [1.165, 1.54) is 0 Å². The standard InChI is InChI=1S/C4H11O2PS2/c1-2-3-4-6-7(5,8)9/h2-4H2,1H3,(H2,5,8,9)/p-2. The monoisotopic (exact) mass is 184 g/mol. The Labute approximate surface area is 65.9 Å². The van der Waals surface area contributed by atoms with Crippen LogP contribution >= 0.6 is 5.69 Å². The summed E-state index contributed by atoms with van der Waals surface area (Å²) in [6, 6.07) is 0. The maximum Gasteiger partial charge on any atom is 0.0477 e. The van der Waals surface area contributed by atoms with Gasteiger partial charge in [-0.3, -0.25) is 0 Å². The average molecular weight is 184 g/mol. The van der Waals surface area contributed by atoms with Crippen LogP contribution in [0.2, 0.25) is 0 Å². The zero-order chi connectivity index (χ0) is 7.33. The Morgan fingerprint density at radius 3 is 2.67 bits per heavy atom. The second kappa shape index (κ2) is 4.69. The minimum atomic E-state index is -3.03. The molecule has 0 aliphatic rings. The molecule has 0 fully saturated rings. The van der Waals surface area contributed by atoms with Gasteiger partial charge in [0, 0.05) is 6.61 Å². The molecule has 0 rings (SSSR count). The summed E-state index contributed by atoms with van der Waals surface area (Å²) >= 11 is 8.69. The van der Waals surface area contributed by atoms with Gasteiger partial charge in [-0.25, -0.2) is 0 Å². The fourth-order valence-electron chi connectivity index (χ4n) is 0.321. The quantitative estimate of drug-likeness (QED) is 0.369. The highest BCUT2D eigenvalue weighted by Crippen LogP contribution is 2.33. The molecule has 0 heterocycles. The van der Waals surface area contributed by atoms with E-state index in [-0.39, 0.29) is 0 Å². The third kappa shape index (κ3) is 8.92. The molecule has 56 valence electrons. The van der Waals surface area contributed by atoms with Crippen molar-refractivity contribution >= 4 is 29.7 Å².